The zero-order valence-corrected chi connectivity index (χ0v) is 19.8. The first-order chi connectivity index (χ1) is 17.1. The topological polar surface area (TPSA) is 95.1 Å². The molecular weight excluding hydrogens is 458 g/mol. The van der Waals surface area contributed by atoms with E-state index in [4.69, 9.17) is 10.5 Å². The standard InChI is InChI=1S/C27H23N5O2S/c1-34-22-10-7-18(8-11-22)16-32-17-25(30-31-32)19-4-2-5-21(14-19)27(33)29-24-15-20(9-12-23(24)28)26-6-3-13-35-26/h2-15,17H,16,28H2,1H3,(H,29,33). The minimum absolute atomic E-state index is 0.243. The number of methoxy groups -OCH3 is 1. The Bertz CT molecular complexity index is 1460. The van der Waals surface area contributed by atoms with Gasteiger partial charge in [0.25, 0.3) is 5.91 Å². The van der Waals surface area contributed by atoms with Crippen molar-refractivity contribution in [3.63, 3.8) is 0 Å². The molecule has 0 aliphatic carbocycles. The molecule has 0 unspecified atom stereocenters. The minimum Gasteiger partial charge on any atom is -0.497 e. The summed E-state index contributed by atoms with van der Waals surface area (Å²) in [6.07, 6.45) is 1.86. The van der Waals surface area contributed by atoms with Crippen LogP contribution in [0.4, 0.5) is 11.4 Å². The highest BCUT2D eigenvalue weighted by Crippen LogP contribution is 2.30. The van der Waals surface area contributed by atoms with Crippen LogP contribution >= 0.6 is 11.3 Å². The second kappa shape index (κ2) is 9.82. The number of carbonyl (C=O) groups excluding carboxylic acids is 1. The van der Waals surface area contributed by atoms with Crippen LogP contribution in [0.25, 0.3) is 21.7 Å². The SMILES string of the molecule is COc1ccc(Cn2cc(-c3cccc(C(=O)Nc4cc(-c5cccs5)ccc4N)c3)nn2)cc1. The quantitative estimate of drug-likeness (QED) is 0.297. The van der Waals surface area contributed by atoms with Gasteiger partial charge in [0, 0.05) is 16.0 Å². The third-order valence-electron chi connectivity index (χ3n) is 5.57. The van der Waals surface area contributed by atoms with E-state index in [1.807, 2.05) is 78.3 Å². The summed E-state index contributed by atoms with van der Waals surface area (Å²) in [4.78, 5) is 14.1. The zero-order chi connectivity index (χ0) is 24.2. The van der Waals surface area contributed by atoms with E-state index in [0.717, 1.165) is 27.3 Å². The Kier molecular flexibility index (Phi) is 6.28. The van der Waals surface area contributed by atoms with Crippen molar-refractivity contribution in [3.8, 4) is 27.4 Å². The molecule has 35 heavy (non-hydrogen) atoms. The summed E-state index contributed by atoms with van der Waals surface area (Å²) in [5.41, 5.74) is 11.3. The van der Waals surface area contributed by atoms with Crippen molar-refractivity contribution in [1.29, 1.82) is 0 Å². The van der Waals surface area contributed by atoms with Gasteiger partial charge in [-0.2, -0.15) is 0 Å². The molecule has 5 aromatic rings. The summed E-state index contributed by atoms with van der Waals surface area (Å²) in [7, 11) is 1.64. The molecular formula is C27H23N5O2S. The van der Waals surface area contributed by atoms with Crippen molar-refractivity contribution in [2.45, 2.75) is 6.54 Å². The number of anilines is 2. The van der Waals surface area contributed by atoms with Gasteiger partial charge in [-0.05, 0) is 59.0 Å². The lowest BCUT2D eigenvalue weighted by molar-refractivity contribution is 0.102. The molecule has 3 N–H and O–H groups in total. The average Bonchev–Trinajstić information content (AvgIpc) is 3.59. The number of nitrogens with two attached hydrogens (primary N) is 1. The van der Waals surface area contributed by atoms with Gasteiger partial charge in [-0.3, -0.25) is 4.79 Å². The molecule has 0 atom stereocenters. The molecule has 174 valence electrons. The number of aromatic nitrogens is 3. The van der Waals surface area contributed by atoms with E-state index in [-0.39, 0.29) is 5.91 Å². The van der Waals surface area contributed by atoms with Crippen LogP contribution < -0.4 is 15.8 Å². The third kappa shape index (κ3) is 5.07. The number of nitrogen functional groups attached to an aromatic ring is 1. The van der Waals surface area contributed by atoms with Crippen LogP contribution in [0.3, 0.4) is 0 Å². The minimum atomic E-state index is -0.243. The van der Waals surface area contributed by atoms with Gasteiger partial charge in [-0.1, -0.05) is 41.6 Å². The number of rotatable bonds is 7. The lowest BCUT2D eigenvalue weighted by Gasteiger charge is -2.10. The van der Waals surface area contributed by atoms with Crippen molar-refractivity contribution in [1.82, 2.24) is 15.0 Å². The number of benzene rings is 3. The Morgan fingerprint density at radius 3 is 2.66 bits per heavy atom. The molecule has 7 nitrogen and oxygen atoms in total. The number of nitrogens with zero attached hydrogens (tertiary/aromatic N) is 3. The van der Waals surface area contributed by atoms with E-state index < -0.39 is 0 Å². The van der Waals surface area contributed by atoms with Gasteiger partial charge in [0.1, 0.15) is 11.4 Å². The van der Waals surface area contributed by atoms with Gasteiger partial charge in [0.05, 0.1) is 31.2 Å². The molecule has 1 amide bonds. The highest BCUT2D eigenvalue weighted by atomic mass is 32.1. The third-order valence-corrected chi connectivity index (χ3v) is 6.49. The molecule has 0 saturated heterocycles. The lowest BCUT2D eigenvalue weighted by Crippen LogP contribution is -2.13. The van der Waals surface area contributed by atoms with Crippen LogP contribution in [0.15, 0.2) is 90.4 Å². The van der Waals surface area contributed by atoms with Gasteiger partial charge in [0.15, 0.2) is 0 Å². The van der Waals surface area contributed by atoms with E-state index in [9.17, 15) is 4.79 Å². The van der Waals surface area contributed by atoms with Gasteiger partial charge in [0.2, 0.25) is 0 Å². The summed E-state index contributed by atoms with van der Waals surface area (Å²) < 4.78 is 6.97. The maximum Gasteiger partial charge on any atom is 0.255 e. The maximum absolute atomic E-state index is 13.0. The Hall–Kier alpha value is -4.43. The second-order valence-electron chi connectivity index (χ2n) is 7.96. The van der Waals surface area contributed by atoms with E-state index in [1.54, 1.807) is 35.3 Å². The molecule has 5 rings (SSSR count). The smallest absolute Gasteiger partial charge is 0.255 e. The number of thiophene rings is 1. The number of hydrogen-bond donors (Lipinski definition) is 2. The maximum atomic E-state index is 13.0. The Morgan fingerprint density at radius 1 is 1.03 bits per heavy atom. The molecule has 0 radical (unpaired) electrons. The van der Waals surface area contributed by atoms with Crippen molar-refractivity contribution in [2.24, 2.45) is 0 Å². The summed E-state index contributed by atoms with van der Waals surface area (Å²) >= 11 is 1.64. The van der Waals surface area contributed by atoms with E-state index >= 15 is 0 Å². The first-order valence-electron chi connectivity index (χ1n) is 11.0. The largest absolute Gasteiger partial charge is 0.497 e. The van der Waals surface area contributed by atoms with E-state index in [2.05, 4.69) is 15.6 Å². The predicted molar refractivity (Wildman–Crippen MR) is 140 cm³/mol. The molecule has 0 saturated carbocycles. The molecule has 0 spiro atoms. The van der Waals surface area contributed by atoms with Gasteiger partial charge < -0.3 is 15.8 Å². The van der Waals surface area contributed by atoms with E-state index in [0.29, 0.717) is 29.2 Å². The Balaban J connectivity index is 1.32. The van der Waals surface area contributed by atoms with Gasteiger partial charge >= 0.3 is 0 Å². The molecule has 2 aromatic heterocycles. The summed E-state index contributed by atoms with van der Waals surface area (Å²) in [6.45, 7) is 0.580. The fourth-order valence-corrected chi connectivity index (χ4v) is 4.42. The number of carbonyl (C=O) groups is 1. The summed E-state index contributed by atoms with van der Waals surface area (Å²) in [5.74, 6) is 0.565. The number of amides is 1. The number of nitrogens with one attached hydrogen (secondary N) is 1. The number of hydrogen-bond acceptors (Lipinski definition) is 6. The molecule has 2 heterocycles. The van der Waals surface area contributed by atoms with Crippen LogP contribution in [-0.4, -0.2) is 28.0 Å². The van der Waals surface area contributed by atoms with E-state index in [1.165, 1.54) is 0 Å². The van der Waals surface area contributed by atoms with Crippen LogP contribution in [0.1, 0.15) is 15.9 Å². The van der Waals surface area contributed by atoms with Crippen molar-refractivity contribution in [2.75, 3.05) is 18.2 Å². The lowest BCUT2D eigenvalue weighted by atomic mass is 10.1. The van der Waals surface area contributed by atoms with Crippen LogP contribution in [0.5, 0.6) is 5.75 Å². The van der Waals surface area contributed by atoms with Crippen molar-refractivity contribution < 1.29 is 9.53 Å². The van der Waals surface area contributed by atoms with Gasteiger partial charge in [-0.25, -0.2) is 4.68 Å². The Labute approximate surface area is 206 Å². The molecule has 0 fully saturated rings. The van der Waals surface area contributed by atoms with Gasteiger partial charge in [-0.15, -0.1) is 16.4 Å². The zero-order valence-electron chi connectivity index (χ0n) is 19.0. The monoisotopic (exact) mass is 481 g/mol. The fraction of sp³-hybridized carbons (Fsp3) is 0.0741. The van der Waals surface area contributed by atoms with Crippen molar-refractivity contribution >= 4 is 28.6 Å². The summed E-state index contributed by atoms with van der Waals surface area (Å²) in [6, 6.07) is 24.8. The van der Waals surface area contributed by atoms with Crippen LogP contribution in [0, 0.1) is 0 Å². The average molecular weight is 482 g/mol. The first-order valence-corrected chi connectivity index (χ1v) is 11.9. The van der Waals surface area contributed by atoms with Crippen LogP contribution in [-0.2, 0) is 6.54 Å². The number of ether oxygens (including phenoxy) is 1. The highest BCUT2D eigenvalue weighted by molar-refractivity contribution is 7.13. The molecule has 3 aromatic carbocycles. The molecule has 0 bridgehead atoms. The predicted octanol–water partition coefficient (Wildman–Crippen LogP) is 5.57. The second-order valence-corrected chi connectivity index (χ2v) is 8.91. The first kappa shape index (κ1) is 22.4. The highest BCUT2D eigenvalue weighted by Gasteiger charge is 2.12. The Morgan fingerprint density at radius 2 is 1.89 bits per heavy atom. The van der Waals surface area contributed by atoms with Crippen molar-refractivity contribution in [3.05, 3.63) is 102 Å². The molecule has 0 aliphatic rings. The molecule has 0 aliphatic heterocycles. The summed E-state index contributed by atoms with van der Waals surface area (Å²) in [5, 5.41) is 13.5. The van der Waals surface area contributed by atoms with Crippen LogP contribution in [0.2, 0.25) is 0 Å². The fourth-order valence-electron chi connectivity index (χ4n) is 3.70. The normalized spacial score (nSPS) is 10.8. The molecule has 8 heteroatoms.